The Morgan fingerprint density at radius 1 is 0.889 bits per heavy atom. The largest absolute Gasteiger partial charge is 0.465 e. The van der Waals surface area contributed by atoms with E-state index in [4.69, 9.17) is 14.2 Å². The maximum Gasteiger partial charge on any atom is 0.408 e. The zero-order valence-electron chi connectivity index (χ0n) is 23.6. The van der Waals surface area contributed by atoms with Gasteiger partial charge < -0.3 is 24.8 Å². The van der Waals surface area contributed by atoms with Crippen molar-refractivity contribution in [3.05, 3.63) is 24.8 Å². The molecule has 0 aromatic carbocycles. The van der Waals surface area contributed by atoms with Crippen LogP contribution in [0.4, 0.5) is 4.79 Å². The van der Waals surface area contributed by atoms with Crippen LogP contribution in [0.25, 0.3) is 0 Å². The second-order valence-corrected chi connectivity index (χ2v) is 11.0. The minimum absolute atomic E-state index is 0.191. The van der Waals surface area contributed by atoms with E-state index < -0.39 is 23.7 Å². The summed E-state index contributed by atoms with van der Waals surface area (Å²) in [5.41, 5.74) is 0.256. The molecule has 208 valence electrons. The third-order valence-corrected chi connectivity index (χ3v) is 4.99. The molecular formula is C28H50N2O6. The molecule has 0 aliphatic rings. The zero-order valence-corrected chi connectivity index (χ0v) is 23.6. The van der Waals surface area contributed by atoms with Crippen molar-refractivity contribution in [1.29, 1.82) is 0 Å². The first-order valence-electron chi connectivity index (χ1n) is 13.1. The molecule has 0 aliphatic carbocycles. The Kier molecular flexibility index (Phi) is 16.8. The minimum atomic E-state index is -0.765. The van der Waals surface area contributed by atoms with Crippen molar-refractivity contribution in [2.45, 2.75) is 105 Å². The van der Waals surface area contributed by atoms with Gasteiger partial charge in [-0.15, -0.1) is 6.58 Å². The van der Waals surface area contributed by atoms with Crippen LogP contribution in [0.15, 0.2) is 24.8 Å². The van der Waals surface area contributed by atoms with Crippen LogP contribution in [0.5, 0.6) is 0 Å². The van der Waals surface area contributed by atoms with Gasteiger partial charge in [-0.3, -0.25) is 4.79 Å². The molecule has 0 aromatic rings. The first kappa shape index (κ1) is 33.7. The van der Waals surface area contributed by atoms with Gasteiger partial charge in [0.25, 0.3) is 0 Å². The fraction of sp³-hybridized carbons (Fsp3) is 0.750. The number of nitrogens with one attached hydrogen (secondary N) is 2. The molecule has 0 saturated carbocycles. The number of carbonyl (C=O) groups excluding carboxylic acids is 3. The Labute approximate surface area is 218 Å². The first-order chi connectivity index (χ1) is 16.7. The van der Waals surface area contributed by atoms with Gasteiger partial charge in [0.15, 0.2) is 0 Å². The van der Waals surface area contributed by atoms with E-state index >= 15 is 0 Å². The molecule has 2 N–H and O–H groups in total. The predicted molar refractivity (Wildman–Crippen MR) is 144 cm³/mol. The molecule has 0 heterocycles. The van der Waals surface area contributed by atoms with E-state index in [9.17, 15) is 14.4 Å². The molecule has 8 nitrogen and oxygen atoms in total. The van der Waals surface area contributed by atoms with E-state index in [0.29, 0.717) is 44.8 Å². The fourth-order valence-electron chi connectivity index (χ4n) is 3.32. The van der Waals surface area contributed by atoms with Gasteiger partial charge in [-0.05, 0) is 71.1 Å². The molecule has 0 bridgehead atoms. The van der Waals surface area contributed by atoms with Crippen LogP contribution in [0.2, 0.25) is 0 Å². The summed E-state index contributed by atoms with van der Waals surface area (Å²) in [4.78, 5) is 37.1. The minimum Gasteiger partial charge on any atom is -0.465 e. The van der Waals surface area contributed by atoms with Gasteiger partial charge in [-0.25, -0.2) is 9.59 Å². The molecular weight excluding hydrogens is 460 g/mol. The number of ether oxygens (including phenoxy) is 3. The number of alkyl carbamates (subject to hydrolysis) is 1. The monoisotopic (exact) mass is 510 g/mol. The van der Waals surface area contributed by atoms with Crippen LogP contribution in [0.1, 0.15) is 87.0 Å². The third-order valence-electron chi connectivity index (χ3n) is 4.99. The second kappa shape index (κ2) is 18.0. The van der Waals surface area contributed by atoms with Gasteiger partial charge >= 0.3 is 18.0 Å². The number of carbonyl (C=O) groups is 3. The molecule has 0 fully saturated rings. The highest BCUT2D eigenvalue weighted by Crippen LogP contribution is 2.12. The van der Waals surface area contributed by atoms with Crippen molar-refractivity contribution in [3.63, 3.8) is 0 Å². The summed E-state index contributed by atoms with van der Waals surface area (Å²) >= 11 is 0. The van der Waals surface area contributed by atoms with Gasteiger partial charge in [0.1, 0.15) is 17.7 Å². The third kappa shape index (κ3) is 18.0. The van der Waals surface area contributed by atoms with E-state index in [1.54, 1.807) is 26.8 Å². The SMILES string of the molecule is C=CCCCOC(=O)C(CC(C)C)NCC(=C)CCCOC(=O)C(CC(C)C)NC(=O)OC(C)(C)C. The quantitative estimate of drug-likeness (QED) is 0.111. The van der Waals surface area contributed by atoms with Crippen molar-refractivity contribution in [2.24, 2.45) is 11.8 Å². The highest BCUT2D eigenvalue weighted by Gasteiger charge is 2.26. The normalized spacial score (nSPS) is 13.1. The van der Waals surface area contributed by atoms with Gasteiger partial charge in [0, 0.05) is 6.54 Å². The van der Waals surface area contributed by atoms with Crippen molar-refractivity contribution in [1.82, 2.24) is 10.6 Å². The molecule has 2 unspecified atom stereocenters. The number of esters is 2. The fourth-order valence-corrected chi connectivity index (χ4v) is 3.32. The summed E-state index contributed by atoms with van der Waals surface area (Å²) < 4.78 is 16.1. The number of hydrogen-bond donors (Lipinski definition) is 2. The lowest BCUT2D eigenvalue weighted by Gasteiger charge is -2.23. The average Bonchev–Trinajstić information content (AvgIpc) is 2.74. The topological polar surface area (TPSA) is 103 Å². The molecule has 0 aliphatic heterocycles. The first-order valence-corrected chi connectivity index (χ1v) is 13.1. The molecule has 0 radical (unpaired) electrons. The standard InChI is InChI=1S/C28H50N2O6/c1-10-11-12-15-34-25(31)23(17-20(2)3)29-19-22(6)14-13-16-35-26(32)24(18-21(4)5)30-27(33)36-28(7,8)9/h10,20-21,23-24,29H,1,6,11-19H2,2-5,7-9H3,(H,30,33). The van der Waals surface area contributed by atoms with Crippen LogP contribution in [-0.2, 0) is 23.8 Å². The van der Waals surface area contributed by atoms with E-state index in [2.05, 4.69) is 37.6 Å². The van der Waals surface area contributed by atoms with Crippen LogP contribution in [0, 0.1) is 11.8 Å². The number of unbranched alkanes of at least 4 members (excludes halogenated alkanes) is 1. The molecule has 1 amide bonds. The molecule has 8 heteroatoms. The van der Waals surface area contributed by atoms with E-state index in [1.165, 1.54) is 0 Å². The summed E-state index contributed by atoms with van der Waals surface area (Å²) in [7, 11) is 0. The smallest absolute Gasteiger partial charge is 0.408 e. The average molecular weight is 511 g/mol. The van der Waals surface area contributed by atoms with E-state index in [1.807, 2.05) is 13.8 Å². The highest BCUT2D eigenvalue weighted by atomic mass is 16.6. The van der Waals surface area contributed by atoms with Crippen molar-refractivity contribution in [3.8, 4) is 0 Å². The molecule has 0 saturated heterocycles. The van der Waals surface area contributed by atoms with Gasteiger partial charge in [0.2, 0.25) is 0 Å². The Bertz CT molecular complexity index is 697. The molecule has 0 rings (SSSR count). The van der Waals surface area contributed by atoms with Gasteiger partial charge in [-0.2, -0.15) is 0 Å². The Balaban J connectivity index is 4.54. The van der Waals surface area contributed by atoms with Crippen molar-refractivity contribution < 1.29 is 28.6 Å². The molecule has 0 spiro atoms. The predicted octanol–water partition coefficient (Wildman–Crippen LogP) is 5.32. The maximum atomic E-state index is 12.6. The van der Waals surface area contributed by atoms with Crippen LogP contribution in [0.3, 0.4) is 0 Å². The van der Waals surface area contributed by atoms with Gasteiger partial charge in [-0.1, -0.05) is 45.9 Å². The Morgan fingerprint density at radius 3 is 1.94 bits per heavy atom. The van der Waals surface area contributed by atoms with E-state index in [0.717, 1.165) is 18.4 Å². The lowest BCUT2D eigenvalue weighted by Crippen LogP contribution is -2.45. The number of rotatable bonds is 18. The lowest BCUT2D eigenvalue weighted by atomic mass is 10.0. The summed E-state index contributed by atoms with van der Waals surface area (Å²) in [6, 6.07) is -1.15. The summed E-state index contributed by atoms with van der Waals surface area (Å²) in [6.45, 7) is 22.2. The summed E-state index contributed by atoms with van der Waals surface area (Å²) in [5, 5.41) is 5.88. The Hall–Kier alpha value is -2.35. The Morgan fingerprint density at radius 2 is 1.42 bits per heavy atom. The number of amides is 1. The zero-order chi connectivity index (χ0) is 27.7. The highest BCUT2D eigenvalue weighted by molar-refractivity contribution is 5.81. The summed E-state index contributed by atoms with van der Waals surface area (Å²) in [6.07, 6.45) is 5.10. The van der Waals surface area contributed by atoms with Gasteiger partial charge in [0.05, 0.1) is 13.2 Å². The van der Waals surface area contributed by atoms with Crippen molar-refractivity contribution >= 4 is 18.0 Å². The van der Waals surface area contributed by atoms with Crippen LogP contribution in [-0.4, -0.2) is 55.5 Å². The second-order valence-electron chi connectivity index (χ2n) is 11.0. The van der Waals surface area contributed by atoms with Crippen LogP contribution >= 0.6 is 0 Å². The molecule has 0 aromatic heterocycles. The number of allylic oxidation sites excluding steroid dienone is 1. The lowest BCUT2D eigenvalue weighted by molar-refractivity contribution is -0.147. The number of hydrogen-bond acceptors (Lipinski definition) is 7. The van der Waals surface area contributed by atoms with E-state index in [-0.39, 0.29) is 24.5 Å². The summed E-state index contributed by atoms with van der Waals surface area (Å²) in [5.74, 6) is -0.197. The molecule has 36 heavy (non-hydrogen) atoms. The maximum absolute atomic E-state index is 12.6. The van der Waals surface area contributed by atoms with Crippen LogP contribution < -0.4 is 10.6 Å². The van der Waals surface area contributed by atoms with Crippen molar-refractivity contribution in [2.75, 3.05) is 19.8 Å². The molecule has 2 atom stereocenters.